The molecule has 0 amide bonds. The molecule has 3 nitrogen and oxygen atoms in total. The Hall–Kier alpha value is -2.07. The van der Waals surface area contributed by atoms with Gasteiger partial charge in [-0.05, 0) is 55.9 Å². The minimum Gasteiger partial charge on any atom is -0.457 e. The lowest BCUT2D eigenvalue weighted by Crippen LogP contribution is -2.43. The molecule has 0 aliphatic rings. The topological polar surface area (TPSA) is 47.3 Å². The summed E-state index contributed by atoms with van der Waals surface area (Å²) in [6, 6.07) is 17.6. The fraction of sp³-hybridized carbons (Fsp3) is 0.188. The van der Waals surface area contributed by atoms with E-state index in [0.29, 0.717) is 5.11 Å². The normalized spacial score (nSPS) is 10.9. The van der Waals surface area contributed by atoms with E-state index in [-0.39, 0.29) is 5.54 Å². The maximum Gasteiger partial charge on any atom is 0.164 e. The SMILES string of the molecule is CC(C)(NC(N)=S)c1ccc(Oc2ccccc2)cc1. The number of hydrogen-bond donors (Lipinski definition) is 2. The predicted molar refractivity (Wildman–Crippen MR) is 85.9 cm³/mol. The van der Waals surface area contributed by atoms with E-state index >= 15 is 0 Å². The first kappa shape index (κ1) is 14.3. The van der Waals surface area contributed by atoms with Crippen molar-refractivity contribution in [2.24, 2.45) is 5.73 Å². The highest BCUT2D eigenvalue weighted by Crippen LogP contribution is 2.25. The summed E-state index contributed by atoms with van der Waals surface area (Å²) >= 11 is 4.90. The summed E-state index contributed by atoms with van der Waals surface area (Å²) in [6.45, 7) is 4.05. The summed E-state index contributed by atoms with van der Waals surface area (Å²) in [6.07, 6.45) is 0. The van der Waals surface area contributed by atoms with Crippen LogP contribution in [0.2, 0.25) is 0 Å². The second-order valence-electron chi connectivity index (χ2n) is 5.05. The number of benzene rings is 2. The van der Waals surface area contributed by atoms with Crippen LogP contribution in [0.5, 0.6) is 11.5 Å². The third kappa shape index (κ3) is 3.71. The molecular formula is C16H18N2OS. The molecule has 0 radical (unpaired) electrons. The molecule has 3 N–H and O–H groups in total. The fourth-order valence-electron chi connectivity index (χ4n) is 1.94. The Morgan fingerprint density at radius 1 is 1.00 bits per heavy atom. The third-order valence-electron chi connectivity index (χ3n) is 2.99. The highest BCUT2D eigenvalue weighted by molar-refractivity contribution is 7.80. The minimum absolute atomic E-state index is 0.291. The van der Waals surface area contributed by atoms with Crippen LogP contribution in [-0.2, 0) is 5.54 Å². The Morgan fingerprint density at radius 3 is 2.10 bits per heavy atom. The van der Waals surface area contributed by atoms with E-state index in [9.17, 15) is 0 Å². The zero-order chi connectivity index (χ0) is 14.6. The maximum absolute atomic E-state index is 5.76. The fourth-order valence-corrected chi connectivity index (χ4v) is 2.20. The van der Waals surface area contributed by atoms with E-state index in [4.69, 9.17) is 22.7 Å². The Kier molecular flexibility index (Phi) is 4.25. The first-order valence-corrected chi connectivity index (χ1v) is 6.79. The molecule has 0 spiro atoms. The molecule has 0 fully saturated rings. The minimum atomic E-state index is -0.308. The Balaban J connectivity index is 2.12. The third-order valence-corrected chi connectivity index (χ3v) is 3.09. The Morgan fingerprint density at radius 2 is 1.55 bits per heavy atom. The predicted octanol–water partition coefficient (Wildman–Crippen LogP) is 3.55. The van der Waals surface area contributed by atoms with Crippen LogP contribution in [0.15, 0.2) is 54.6 Å². The van der Waals surface area contributed by atoms with Crippen molar-refractivity contribution in [3.8, 4) is 11.5 Å². The number of nitrogens with one attached hydrogen (secondary N) is 1. The lowest BCUT2D eigenvalue weighted by Gasteiger charge is -2.27. The van der Waals surface area contributed by atoms with E-state index in [1.807, 2.05) is 68.4 Å². The molecule has 0 heterocycles. The molecule has 0 aliphatic heterocycles. The molecule has 20 heavy (non-hydrogen) atoms. The molecule has 0 saturated carbocycles. The van der Waals surface area contributed by atoms with Crippen LogP contribution in [0.3, 0.4) is 0 Å². The molecule has 0 bridgehead atoms. The largest absolute Gasteiger partial charge is 0.457 e. The van der Waals surface area contributed by atoms with Gasteiger partial charge in [-0.3, -0.25) is 0 Å². The Labute approximate surface area is 124 Å². The van der Waals surface area contributed by atoms with E-state index in [1.165, 1.54) is 0 Å². The molecule has 2 aromatic carbocycles. The van der Waals surface area contributed by atoms with E-state index < -0.39 is 0 Å². The van der Waals surface area contributed by atoms with Gasteiger partial charge in [-0.1, -0.05) is 30.3 Å². The van der Waals surface area contributed by atoms with Crippen LogP contribution in [0, 0.1) is 0 Å². The van der Waals surface area contributed by atoms with Crippen LogP contribution in [0.1, 0.15) is 19.4 Å². The van der Waals surface area contributed by atoms with Crippen molar-refractivity contribution in [1.82, 2.24) is 5.32 Å². The molecule has 0 saturated heterocycles. The summed E-state index contributed by atoms with van der Waals surface area (Å²) < 4.78 is 5.76. The van der Waals surface area contributed by atoms with Crippen molar-refractivity contribution < 1.29 is 4.74 Å². The standard InChI is InChI=1S/C16H18N2OS/c1-16(2,18-15(17)20)12-8-10-14(11-9-12)19-13-6-4-3-5-7-13/h3-11H,1-2H3,(H3,17,18,20). The first-order chi connectivity index (χ1) is 9.47. The quantitative estimate of drug-likeness (QED) is 0.844. The highest BCUT2D eigenvalue weighted by atomic mass is 32.1. The van der Waals surface area contributed by atoms with Crippen molar-refractivity contribution in [1.29, 1.82) is 0 Å². The van der Waals surface area contributed by atoms with Crippen molar-refractivity contribution in [2.45, 2.75) is 19.4 Å². The second-order valence-corrected chi connectivity index (χ2v) is 5.49. The average Bonchev–Trinajstić information content (AvgIpc) is 2.39. The Bertz CT molecular complexity index is 579. The van der Waals surface area contributed by atoms with Gasteiger partial charge in [0.15, 0.2) is 5.11 Å². The van der Waals surface area contributed by atoms with Crippen LogP contribution >= 0.6 is 12.2 Å². The lowest BCUT2D eigenvalue weighted by molar-refractivity contribution is 0.474. The van der Waals surface area contributed by atoms with Crippen LogP contribution < -0.4 is 15.8 Å². The van der Waals surface area contributed by atoms with Crippen LogP contribution in [0.4, 0.5) is 0 Å². The smallest absolute Gasteiger partial charge is 0.164 e. The molecule has 4 heteroatoms. The summed E-state index contributed by atoms with van der Waals surface area (Å²) in [4.78, 5) is 0. The van der Waals surface area contributed by atoms with Crippen molar-refractivity contribution in [2.75, 3.05) is 0 Å². The average molecular weight is 286 g/mol. The second kappa shape index (κ2) is 5.92. The van der Waals surface area contributed by atoms with E-state index in [1.54, 1.807) is 0 Å². The monoisotopic (exact) mass is 286 g/mol. The van der Waals surface area contributed by atoms with Gasteiger partial charge in [-0.2, -0.15) is 0 Å². The number of nitrogens with two attached hydrogens (primary N) is 1. The molecule has 104 valence electrons. The van der Waals surface area contributed by atoms with Crippen molar-refractivity contribution >= 4 is 17.3 Å². The van der Waals surface area contributed by atoms with Gasteiger partial charge in [-0.15, -0.1) is 0 Å². The van der Waals surface area contributed by atoms with Crippen LogP contribution in [-0.4, -0.2) is 5.11 Å². The van der Waals surface area contributed by atoms with Gasteiger partial charge in [0.25, 0.3) is 0 Å². The lowest BCUT2D eigenvalue weighted by atomic mass is 9.94. The van der Waals surface area contributed by atoms with Gasteiger partial charge >= 0.3 is 0 Å². The van der Waals surface area contributed by atoms with E-state index in [0.717, 1.165) is 17.1 Å². The van der Waals surface area contributed by atoms with Gasteiger partial charge in [-0.25, -0.2) is 0 Å². The summed E-state index contributed by atoms with van der Waals surface area (Å²) in [5, 5.41) is 3.36. The summed E-state index contributed by atoms with van der Waals surface area (Å²) in [5.41, 5.74) is 6.32. The molecule has 0 atom stereocenters. The summed E-state index contributed by atoms with van der Waals surface area (Å²) in [5.74, 6) is 1.62. The number of hydrogen-bond acceptors (Lipinski definition) is 2. The van der Waals surface area contributed by atoms with Crippen LogP contribution in [0.25, 0.3) is 0 Å². The van der Waals surface area contributed by atoms with Gasteiger partial charge in [0.1, 0.15) is 11.5 Å². The molecule has 2 rings (SSSR count). The van der Waals surface area contributed by atoms with E-state index in [2.05, 4.69) is 5.32 Å². The summed E-state index contributed by atoms with van der Waals surface area (Å²) in [7, 11) is 0. The van der Waals surface area contributed by atoms with Gasteiger partial charge in [0.05, 0.1) is 5.54 Å². The van der Waals surface area contributed by atoms with Gasteiger partial charge in [0, 0.05) is 0 Å². The molecular weight excluding hydrogens is 268 g/mol. The zero-order valence-corrected chi connectivity index (χ0v) is 12.4. The molecule has 2 aromatic rings. The van der Waals surface area contributed by atoms with Crippen molar-refractivity contribution in [3.63, 3.8) is 0 Å². The first-order valence-electron chi connectivity index (χ1n) is 6.38. The number of para-hydroxylation sites is 1. The number of ether oxygens (including phenoxy) is 1. The molecule has 0 aliphatic carbocycles. The number of thiocarbonyl (C=S) groups is 1. The van der Waals surface area contributed by atoms with Crippen molar-refractivity contribution in [3.05, 3.63) is 60.2 Å². The highest BCUT2D eigenvalue weighted by Gasteiger charge is 2.20. The zero-order valence-electron chi connectivity index (χ0n) is 11.6. The van der Waals surface area contributed by atoms with Gasteiger partial charge in [0.2, 0.25) is 0 Å². The maximum atomic E-state index is 5.76. The number of rotatable bonds is 4. The van der Waals surface area contributed by atoms with Gasteiger partial charge < -0.3 is 15.8 Å². The molecule has 0 unspecified atom stereocenters. The molecule has 0 aromatic heterocycles.